The zero-order chi connectivity index (χ0) is 15.8. The molecule has 0 spiro atoms. The van der Waals surface area contributed by atoms with Gasteiger partial charge in [-0.1, -0.05) is 5.21 Å². The zero-order valence-corrected chi connectivity index (χ0v) is 13.2. The van der Waals surface area contributed by atoms with Gasteiger partial charge in [0.1, 0.15) is 0 Å². The first-order chi connectivity index (χ1) is 9.60. The monoisotopic (exact) mass is 316 g/mol. The lowest BCUT2D eigenvalue weighted by Gasteiger charge is -2.39. The SMILES string of the molecule is CC(C)(C)S(=O)(=O)CCN1CC(n2cc(C(=O)O)nn2)C1. The lowest BCUT2D eigenvalue weighted by atomic mass is 10.1. The number of hydrogen-bond acceptors (Lipinski definition) is 6. The van der Waals surface area contributed by atoms with Gasteiger partial charge in [-0.25, -0.2) is 17.9 Å². The summed E-state index contributed by atoms with van der Waals surface area (Å²) < 4.78 is 24.8. The average molecular weight is 316 g/mol. The molecule has 0 aliphatic carbocycles. The van der Waals surface area contributed by atoms with Crippen molar-refractivity contribution in [2.75, 3.05) is 25.4 Å². The van der Waals surface area contributed by atoms with E-state index in [1.54, 1.807) is 20.8 Å². The molecule has 1 saturated heterocycles. The predicted molar refractivity (Wildman–Crippen MR) is 76.0 cm³/mol. The van der Waals surface area contributed by atoms with Gasteiger partial charge in [0.2, 0.25) is 0 Å². The van der Waals surface area contributed by atoms with Gasteiger partial charge < -0.3 is 5.11 Å². The first-order valence-electron chi connectivity index (χ1n) is 6.70. The minimum atomic E-state index is -3.11. The summed E-state index contributed by atoms with van der Waals surface area (Å²) in [5.41, 5.74) is -0.0799. The molecular formula is C12H20N4O4S. The van der Waals surface area contributed by atoms with Gasteiger partial charge in [-0.05, 0) is 20.8 Å². The highest BCUT2D eigenvalue weighted by atomic mass is 32.2. The van der Waals surface area contributed by atoms with Crippen LogP contribution >= 0.6 is 0 Å². The number of aromatic carboxylic acids is 1. The summed E-state index contributed by atoms with van der Waals surface area (Å²) in [6.45, 7) is 6.89. The highest BCUT2D eigenvalue weighted by Crippen LogP contribution is 2.22. The standard InChI is InChI=1S/C12H20N4O4S/c1-12(2,3)21(19,20)5-4-15-6-9(7-15)16-8-10(11(17)18)13-14-16/h8-9H,4-7H2,1-3H3,(H,17,18). The minimum absolute atomic E-state index is 0.0583. The van der Waals surface area contributed by atoms with Crippen LogP contribution in [-0.4, -0.2) is 69.5 Å². The average Bonchev–Trinajstić information content (AvgIpc) is 2.74. The Morgan fingerprint density at radius 1 is 1.43 bits per heavy atom. The molecule has 1 N–H and O–H groups in total. The molecule has 0 radical (unpaired) electrons. The van der Waals surface area contributed by atoms with E-state index in [-0.39, 0.29) is 17.5 Å². The molecule has 21 heavy (non-hydrogen) atoms. The Kier molecular flexibility index (Phi) is 4.07. The van der Waals surface area contributed by atoms with Gasteiger partial charge in [0.15, 0.2) is 15.5 Å². The van der Waals surface area contributed by atoms with Crippen LogP contribution in [0.1, 0.15) is 37.3 Å². The highest BCUT2D eigenvalue weighted by Gasteiger charge is 2.33. The van der Waals surface area contributed by atoms with Crippen molar-refractivity contribution in [3.05, 3.63) is 11.9 Å². The van der Waals surface area contributed by atoms with Crippen LogP contribution in [0.5, 0.6) is 0 Å². The van der Waals surface area contributed by atoms with Crippen molar-refractivity contribution in [3.8, 4) is 0 Å². The van der Waals surface area contributed by atoms with E-state index >= 15 is 0 Å². The normalized spacial score (nSPS) is 17.7. The second-order valence-corrected chi connectivity index (χ2v) is 9.10. The van der Waals surface area contributed by atoms with Crippen molar-refractivity contribution in [1.82, 2.24) is 19.9 Å². The van der Waals surface area contributed by atoms with Crippen LogP contribution in [0.4, 0.5) is 0 Å². The fraction of sp³-hybridized carbons (Fsp3) is 0.750. The molecule has 0 saturated carbocycles. The summed E-state index contributed by atoms with van der Waals surface area (Å²) in [6.07, 6.45) is 1.40. The highest BCUT2D eigenvalue weighted by molar-refractivity contribution is 7.92. The van der Waals surface area contributed by atoms with Crippen molar-refractivity contribution in [2.45, 2.75) is 31.6 Å². The second-order valence-electron chi connectivity index (χ2n) is 6.23. The number of nitrogens with zero attached hydrogens (tertiary/aromatic N) is 4. The fourth-order valence-corrected chi connectivity index (χ4v) is 3.11. The summed E-state index contributed by atoms with van der Waals surface area (Å²) in [4.78, 5) is 12.7. The molecule has 1 fully saturated rings. The quantitative estimate of drug-likeness (QED) is 0.818. The molecule has 0 unspecified atom stereocenters. The van der Waals surface area contributed by atoms with Gasteiger partial charge >= 0.3 is 5.97 Å². The first kappa shape index (κ1) is 15.9. The molecule has 1 aliphatic rings. The van der Waals surface area contributed by atoms with Crippen molar-refractivity contribution < 1.29 is 18.3 Å². The Hall–Kier alpha value is -1.48. The number of sulfone groups is 1. The van der Waals surface area contributed by atoms with E-state index in [1.165, 1.54) is 10.9 Å². The van der Waals surface area contributed by atoms with E-state index in [9.17, 15) is 13.2 Å². The van der Waals surface area contributed by atoms with Gasteiger partial charge in [-0.2, -0.15) is 0 Å². The predicted octanol–water partition coefficient (Wildman–Crippen LogP) is 0.0463. The van der Waals surface area contributed by atoms with E-state index in [0.717, 1.165) is 0 Å². The van der Waals surface area contributed by atoms with E-state index in [0.29, 0.717) is 19.6 Å². The maximum absolute atomic E-state index is 12.0. The number of rotatable bonds is 5. The Morgan fingerprint density at radius 2 is 2.05 bits per heavy atom. The third-order valence-electron chi connectivity index (χ3n) is 3.65. The lowest BCUT2D eigenvalue weighted by Crippen LogP contribution is -2.50. The molecule has 0 aromatic carbocycles. The molecule has 8 nitrogen and oxygen atoms in total. The molecule has 0 bridgehead atoms. The number of carbonyl (C=O) groups is 1. The molecule has 2 rings (SSSR count). The number of carboxylic acids is 1. The Bertz CT molecular complexity index is 626. The van der Waals surface area contributed by atoms with Crippen molar-refractivity contribution in [1.29, 1.82) is 0 Å². The number of carboxylic acid groups (broad SMARTS) is 1. The Labute approximate surface area is 123 Å². The van der Waals surface area contributed by atoms with E-state index < -0.39 is 20.6 Å². The molecule has 1 aromatic heterocycles. The van der Waals surface area contributed by atoms with Gasteiger partial charge in [-0.15, -0.1) is 5.10 Å². The summed E-state index contributed by atoms with van der Waals surface area (Å²) in [5.74, 6) is -0.977. The third-order valence-corrected chi connectivity index (χ3v) is 6.24. The number of aromatic nitrogens is 3. The van der Waals surface area contributed by atoms with Gasteiger partial charge in [0.25, 0.3) is 0 Å². The Balaban J connectivity index is 1.83. The summed E-state index contributed by atoms with van der Waals surface area (Å²) in [5, 5.41) is 16.1. The minimum Gasteiger partial charge on any atom is -0.476 e. The molecule has 1 aromatic rings. The number of likely N-dealkylation sites (tertiary alicyclic amines) is 1. The molecular weight excluding hydrogens is 296 g/mol. The molecule has 2 heterocycles. The maximum Gasteiger partial charge on any atom is 0.358 e. The van der Waals surface area contributed by atoms with Crippen LogP contribution in [0.15, 0.2) is 6.20 Å². The van der Waals surface area contributed by atoms with Crippen LogP contribution in [0, 0.1) is 0 Å². The molecule has 0 atom stereocenters. The maximum atomic E-state index is 12.0. The second kappa shape index (κ2) is 5.38. The zero-order valence-electron chi connectivity index (χ0n) is 12.4. The van der Waals surface area contributed by atoms with Crippen molar-refractivity contribution >= 4 is 15.8 Å². The number of hydrogen-bond donors (Lipinski definition) is 1. The third kappa shape index (κ3) is 3.41. The van der Waals surface area contributed by atoms with Crippen molar-refractivity contribution in [3.63, 3.8) is 0 Å². The first-order valence-corrected chi connectivity index (χ1v) is 8.35. The van der Waals surface area contributed by atoms with Gasteiger partial charge in [0, 0.05) is 19.6 Å². The molecule has 9 heteroatoms. The van der Waals surface area contributed by atoms with E-state index in [1.807, 2.05) is 4.90 Å². The van der Waals surface area contributed by atoms with Gasteiger partial charge in [-0.3, -0.25) is 4.90 Å². The summed E-state index contributed by atoms with van der Waals surface area (Å²) >= 11 is 0. The molecule has 0 amide bonds. The summed E-state index contributed by atoms with van der Waals surface area (Å²) in [7, 11) is -3.11. The van der Waals surface area contributed by atoms with Crippen LogP contribution < -0.4 is 0 Å². The van der Waals surface area contributed by atoms with E-state index in [2.05, 4.69) is 10.3 Å². The van der Waals surface area contributed by atoms with Crippen LogP contribution in [0.3, 0.4) is 0 Å². The largest absolute Gasteiger partial charge is 0.476 e. The lowest BCUT2D eigenvalue weighted by molar-refractivity contribution is 0.0690. The smallest absolute Gasteiger partial charge is 0.358 e. The topological polar surface area (TPSA) is 105 Å². The Morgan fingerprint density at radius 3 is 2.52 bits per heavy atom. The van der Waals surface area contributed by atoms with Gasteiger partial charge in [0.05, 0.1) is 22.7 Å². The van der Waals surface area contributed by atoms with Crippen LogP contribution in [0.25, 0.3) is 0 Å². The summed E-state index contributed by atoms with van der Waals surface area (Å²) in [6, 6.07) is 0.0583. The fourth-order valence-electron chi connectivity index (χ4n) is 2.00. The molecule has 118 valence electrons. The van der Waals surface area contributed by atoms with Crippen LogP contribution in [-0.2, 0) is 9.84 Å². The molecule has 1 aliphatic heterocycles. The van der Waals surface area contributed by atoms with E-state index in [4.69, 9.17) is 5.11 Å². The van der Waals surface area contributed by atoms with Crippen LogP contribution in [0.2, 0.25) is 0 Å². The van der Waals surface area contributed by atoms with Crippen molar-refractivity contribution in [2.24, 2.45) is 0 Å².